The van der Waals surface area contributed by atoms with E-state index in [0.717, 1.165) is 12.0 Å². The lowest BCUT2D eigenvalue weighted by Crippen LogP contribution is -2.36. The number of nitrogens with one attached hydrogen (secondary N) is 1. The molecule has 2 aromatic rings. The number of benzene rings is 1. The molecule has 1 heterocycles. The van der Waals surface area contributed by atoms with Crippen molar-refractivity contribution in [3.05, 3.63) is 62.6 Å². The number of amides is 1. The Labute approximate surface area is 136 Å². The van der Waals surface area contributed by atoms with Crippen LogP contribution >= 0.6 is 0 Å². The van der Waals surface area contributed by atoms with Crippen LogP contribution in [-0.2, 0) is 13.5 Å². The molecule has 122 valence electrons. The summed E-state index contributed by atoms with van der Waals surface area (Å²) in [6.07, 6.45) is 0.979. The van der Waals surface area contributed by atoms with E-state index in [9.17, 15) is 9.59 Å². The highest BCUT2D eigenvalue weighted by Crippen LogP contribution is 2.15. The van der Waals surface area contributed by atoms with Crippen LogP contribution in [-0.4, -0.2) is 15.7 Å². The van der Waals surface area contributed by atoms with Crippen LogP contribution in [0.3, 0.4) is 0 Å². The predicted molar refractivity (Wildman–Crippen MR) is 90.7 cm³/mol. The summed E-state index contributed by atoms with van der Waals surface area (Å²) in [4.78, 5) is 24.8. The smallest absolute Gasteiger partial charge is 0.279 e. The van der Waals surface area contributed by atoms with Gasteiger partial charge in [-0.3, -0.25) is 9.59 Å². The summed E-state index contributed by atoms with van der Waals surface area (Å²) in [5, 5.41) is 7.00. The van der Waals surface area contributed by atoms with Gasteiger partial charge in [-0.05, 0) is 43.9 Å². The van der Waals surface area contributed by atoms with Gasteiger partial charge in [-0.15, -0.1) is 0 Å². The van der Waals surface area contributed by atoms with Gasteiger partial charge in [0.25, 0.3) is 11.5 Å². The van der Waals surface area contributed by atoms with Crippen molar-refractivity contribution in [3.8, 4) is 0 Å². The molecule has 0 spiro atoms. The van der Waals surface area contributed by atoms with Crippen LogP contribution in [0.5, 0.6) is 0 Å². The minimum atomic E-state index is -0.376. The highest BCUT2D eigenvalue weighted by molar-refractivity contribution is 5.95. The maximum atomic E-state index is 12.5. The lowest BCUT2D eigenvalue weighted by Gasteiger charge is -2.16. The number of nitrogens with zero attached hydrogens (tertiary/aromatic N) is 2. The third-order valence-corrected chi connectivity index (χ3v) is 4.19. The normalized spacial score (nSPS) is 12.0. The molecule has 5 nitrogen and oxygen atoms in total. The Balaban J connectivity index is 2.26. The van der Waals surface area contributed by atoms with Crippen molar-refractivity contribution >= 4 is 5.91 Å². The Morgan fingerprint density at radius 2 is 1.87 bits per heavy atom. The zero-order valence-corrected chi connectivity index (χ0v) is 14.3. The summed E-state index contributed by atoms with van der Waals surface area (Å²) >= 11 is 0. The van der Waals surface area contributed by atoms with Gasteiger partial charge >= 0.3 is 0 Å². The van der Waals surface area contributed by atoms with Gasteiger partial charge in [0.1, 0.15) is 5.56 Å². The molecule has 0 aliphatic carbocycles. The fraction of sp³-hybridized carbons (Fsp3) is 0.389. The molecule has 1 amide bonds. The molecular weight excluding hydrogens is 290 g/mol. The maximum Gasteiger partial charge on any atom is 0.279 e. The Hall–Kier alpha value is -2.43. The van der Waals surface area contributed by atoms with E-state index >= 15 is 0 Å². The molecule has 1 unspecified atom stereocenters. The van der Waals surface area contributed by atoms with Crippen LogP contribution in [0.25, 0.3) is 0 Å². The van der Waals surface area contributed by atoms with Gasteiger partial charge in [-0.1, -0.05) is 31.2 Å². The van der Waals surface area contributed by atoms with Gasteiger partial charge in [0.15, 0.2) is 0 Å². The molecule has 0 bridgehead atoms. The fourth-order valence-electron chi connectivity index (χ4n) is 2.51. The molecule has 2 rings (SSSR count). The molecule has 1 N–H and O–H groups in total. The molecule has 0 saturated carbocycles. The third kappa shape index (κ3) is 3.50. The van der Waals surface area contributed by atoms with Gasteiger partial charge in [-0.2, -0.15) is 5.10 Å². The first kappa shape index (κ1) is 16.9. The second kappa shape index (κ2) is 6.77. The van der Waals surface area contributed by atoms with Gasteiger partial charge in [0.05, 0.1) is 11.7 Å². The minimum absolute atomic E-state index is 0.164. The molecule has 1 aromatic heterocycles. The van der Waals surface area contributed by atoms with Gasteiger partial charge in [0.2, 0.25) is 0 Å². The zero-order chi connectivity index (χ0) is 17.1. The fourth-order valence-corrected chi connectivity index (χ4v) is 2.51. The first-order valence-corrected chi connectivity index (χ1v) is 7.79. The summed E-state index contributed by atoms with van der Waals surface area (Å²) < 4.78 is 1.21. The van der Waals surface area contributed by atoms with E-state index in [0.29, 0.717) is 11.3 Å². The van der Waals surface area contributed by atoms with Gasteiger partial charge in [0, 0.05) is 7.05 Å². The van der Waals surface area contributed by atoms with E-state index < -0.39 is 0 Å². The quantitative estimate of drug-likeness (QED) is 0.943. The number of carbonyl (C=O) groups is 1. The van der Waals surface area contributed by atoms with Crippen LogP contribution in [0.2, 0.25) is 0 Å². The van der Waals surface area contributed by atoms with E-state index in [1.165, 1.54) is 10.2 Å². The van der Waals surface area contributed by atoms with Crippen LogP contribution < -0.4 is 10.9 Å². The van der Waals surface area contributed by atoms with Crippen molar-refractivity contribution in [2.45, 2.75) is 40.2 Å². The number of hydrogen-bond acceptors (Lipinski definition) is 3. The van der Waals surface area contributed by atoms with Gasteiger partial charge in [-0.25, -0.2) is 4.68 Å². The van der Waals surface area contributed by atoms with Crippen molar-refractivity contribution in [1.82, 2.24) is 15.1 Å². The van der Waals surface area contributed by atoms with Gasteiger partial charge < -0.3 is 5.32 Å². The van der Waals surface area contributed by atoms with Crippen molar-refractivity contribution in [1.29, 1.82) is 0 Å². The number of aromatic nitrogens is 2. The van der Waals surface area contributed by atoms with E-state index in [2.05, 4.69) is 29.5 Å². The topological polar surface area (TPSA) is 64.0 Å². The molecule has 0 aliphatic heterocycles. The third-order valence-electron chi connectivity index (χ3n) is 4.19. The van der Waals surface area contributed by atoms with Crippen LogP contribution in [0, 0.1) is 13.8 Å². The number of hydrogen-bond donors (Lipinski definition) is 1. The Bertz CT molecular complexity index is 776. The standard InChI is InChI=1S/C18H23N3O2/c1-6-14-7-9-15(10-8-14)13(4)19-17(22)16-11(2)12(3)20-21(5)18(16)23/h7-10,13H,6H2,1-5H3,(H,19,22). The highest BCUT2D eigenvalue weighted by atomic mass is 16.2. The number of rotatable bonds is 4. The van der Waals surface area contributed by atoms with Crippen molar-refractivity contribution < 1.29 is 4.79 Å². The summed E-state index contributed by atoms with van der Waals surface area (Å²) in [5.74, 6) is -0.360. The number of carbonyl (C=O) groups excluding carboxylic acids is 1. The molecule has 1 atom stereocenters. The Kier molecular flexibility index (Phi) is 4.98. The summed E-state index contributed by atoms with van der Waals surface area (Å²) in [6.45, 7) is 7.55. The average Bonchev–Trinajstić information content (AvgIpc) is 2.53. The van der Waals surface area contributed by atoms with E-state index in [1.807, 2.05) is 19.1 Å². The van der Waals surface area contributed by atoms with Crippen LogP contribution in [0.15, 0.2) is 29.1 Å². The summed E-state index contributed by atoms with van der Waals surface area (Å²) in [6, 6.07) is 7.95. The minimum Gasteiger partial charge on any atom is -0.345 e. The van der Waals surface area contributed by atoms with Crippen molar-refractivity contribution in [3.63, 3.8) is 0 Å². The van der Waals surface area contributed by atoms with Crippen molar-refractivity contribution in [2.75, 3.05) is 0 Å². The predicted octanol–water partition coefficient (Wildman–Crippen LogP) is 2.45. The second-order valence-corrected chi connectivity index (χ2v) is 5.80. The Morgan fingerprint density at radius 1 is 1.26 bits per heavy atom. The van der Waals surface area contributed by atoms with Crippen molar-refractivity contribution in [2.24, 2.45) is 7.05 Å². The summed E-state index contributed by atoms with van der Waals surface area (Å²) in [5.41, 5.74) is 3.35. The first-order chi connectivity index (χ1) is 10.8. The molecule has 5 heteroatoms. The SMILES string of the molecule is CCc1ccc(C(C)NC(=O)c2c(C)c(C)nn(C)c2=O)cc1. The molecule has 0 saturated heterocycles. The lowest BCUT2D eigenvalue weighted by molar-refractivity contribution is 0.0936. The summed E-state index contributed by atoms with van der Waals surface area (Å²) in [7, 11) is 1.55. The molecule has 0 fully saturated rings. The monoisotopic (exact) mass is 313 g/mol. The van der Waals surface area contributed by atoms with Crippen LogP contribution in [0.1, 0.15) is 52.6 Å². The molecule has 23 heavy (non-hydrogen) atoms. The molecule has 1 aromatic carbocycles. The maximum absolute atomic E-state index is 12.5. The first-order valence-electron chi connectivity index (χ1n) is 7.79. The number of aryl methyl sites for hydroxylation is 3. The zero-order valence-electron chi connectivity index (χ0n) is 14.3. The second-order valence-electron chi connectivity index (χ2n) is 5.80. The average molecular weight is 313 g/mol. The van der Waals surface area contributed by atoms with E-state index in [-0.39, 0.29) is 23.1 Å². The molecule has 0 aliphatic rings. The molecular formula is C18H23N3O2. The Morgan fingerprint density at radius 3 is 2.43 bits per heavy atom. The molecule has 0 radical (unpaired) electrons. The van der Waals surface area contributed by atoms with E-state index in [4.69, 9.17) is 0 Å². The largest absolute Gasteiger partial charge is 0.345 e. The lowest BCUT2D eigenvalue weighted by atomic mass is 10.0. The van der Waals surface area contributed by atoms with Crippen LogP contribution in [0.4, 0.5) is 0 Å². The van der Waals surface area contributed by atoms with E-state index in [1.54, 1.807) is 20.9 Å². The highest BCUT2D eigenvalue weighted by Gasteiger charge is 2.19.